The van der Waals surface area contributed by atoms with Crippen molar-refractivity contribution in [2.24, 2.45) is 0 Å². The number of carbonyl (C=O) groups is 1. The maximum absolute atomic E-state index is 13.6. The molecule has 0 bridgehead atoms. The maximum Gasteiger partial charge on any atom is 0.340 e. The molecule has 0 saturated heterocycles. The molecule has 0 atom stereocenters. The van der Waals surface area contributed by atoms with Gasteiger partial charge < -0.3 is 14.2 Å². The molecular weight excluding hydrogens is 442 g/mol. The van der Waals surface area contributed by atoms with Crippen molar-refractivity contribution in [3.8, 4) is 11.5 Å². The summed E-state index contributed by atoms with van der Waals surface area (Å²) in [6.07, 6.45) is 0.137. The molecule has 7 nitrogen and oxygen atoms in total. The van der Waals surface area contributed by atoms with Crippen LogP contribution in [0, 0.1) is 0 Å². The fourth-order valence-corrected chi connectivity index (χ4v) is 4.67. The molecule has 0 heterocycles. The number of ether oxygens (including phenoxy) is 3. The summed E-state index contributed by atoms with van der Waals surface area (Å²) in [5, 5.41) is 0. The van der Waals surface area contributed by atoms with Crippen LogP contribution < -0.4 is 14.2 Å². The fourth-order valence-electron chi connectivity index (χ4n) is 3.36. The number of hydrogen-bond donors (Lipinski definition) is 1. The smallest absolute Gasteiger partial charge is 0.340 e. The van der Waals surface area contributed by atoms with E-state index in [-0.39, 0.29) is 28.0 Å². The van der Waals surface area contributed by atoms with Crippen molar-refractivity contribution in [1.82, 2.24) is 0 Å². The van der Waals surface area contributed by atoms with E-state index in [4.69, 9.17) is 14.2 Å². The van der Waals surface area contributed by atoms with Gasteiger partial charge in [0.2, 0.25) is 0 Å². The number of nitrogens with one attached hydrogen (secondary N) is 1. The molecular formula is C25H27NO6S. The Morgan fingerprint density at radius 3 is 2.33 bits per heavy atom. The molecule has 3 aromatic rings. The van der Waals surface area contributed by atoms with E-state index in [0.29, 0.717) is 17.7 Å². The van der Waals surface area contributed by atoms with Crippen LogP contribution in [0.4, 0.5) is 5.69 Å². The molecule has 1 N–H and O–H groups in total. The van der Waals surface area contributed by atoms with Gasteiger partial charge in [-0.1, -0.05) is 36.4 Å². The van der Waals surface area contributed by atoms with E-state index in [0.717, 1.165) is 5.56 Å². The van der Waals surface area contributed by atoms with Crippen molar-refractivity contribution >= 4 is 21.7 Å². The van der Waals surface area contributed by atoms with Crippen molar-refractivity contribution in [3.05, 3.63) is 83.4 Å². The average Bonchev–Trinajstić information content (AvgIpc) is 2.79. The van der Waals surface area contributed by atoms with Gasteiger partial charge >= 0.3 is 5.97 Å². The van der Waals surface area contributed by atoms with Crippen LogP contribution in [-0.2, 0) is 21.2 Å². The predicted molar refractivity (Wildman–Crippen MR) is 127 cm³/mol. The van der Waals surface area contributed by atoms with Crippen LogP contribution in [0.25, 0.3) is 0 Å². The number of carbonyl (C=O) groups excluding carboxylic acids is 1. The van der Waals surface area contributed by atoms with Gasteiger partial charge in [0.25, 0.3) is 10.0 Å². The monoisotopic (exact) mass is 469 g/mol. The molecule has 8 heteroatoms. The summed E-state index contributed by atoms with van der Waals surface area (Å²) < 4.78 is 45.6. The molecule has 0 aliphatic rings. The molecule has 0 aromatic heterocycles. The van der Waals surface area contributed by atoms with Crippen LogP contribution in [-0.4, -0.2) is 34.7 Å². The first-order valence-corrected chi connectivity index (χ1v) is 11.8. The number of rotatable bonds is 9. The molecule has 3 rings (SSSR count). The Hall–Kier alpha value is -3.52. The van der Waals surface area contributed by atoms with E-state index in [1.807, 2.05) is 44.2 Å². The van der Waals surface area contributed by atoms with Crippen molar-refractivity contribution in [2.75, 3.05) is 18.9 Å². The number of para-hydroxylation sites is 1. The zero-order chi connectivity index (χ0) is 24.0. The van der Waals surface area contributed by atoms with Crippen LogP contribution in [0.5, 0.6) is 11.5 Å². The number of benzene rings is 3. The van der Waals surface area contributed by atoms with E-state index in [2.05, 4.69) is 4.72 Å². The number of hydrogen-bond acceptors (Lipinski definition) is 6. The van der Waals surface area contributed by atoms with E-state index < -0.39 is 16.0 Å². The van der Waals surface area contributed by atoms with E-state index in [1.165, 1.54) is 26.4 Å². The third-order valence-electron chi connectivity index (χ3n) is 4.83. The molecule has 0 spiro atoms. The minimum atomic E-state index is -4.10. The molecule has 174 valence electrons. The first-order valence-electron chi connectivity index (χ1n) is 10.4. The topological polar surface area (TPSA) is 90.9 Å². The summed E-state index contributed by atoms with van der Waals surface area (Å²) in [4.78, 5) is 12.4. The summed E-state index contributed by atoms with van der Waals surface area (Å²) in [6, 6.07) is 19.0. The number of sulfonamides is 1. The van der Waals surface area contributed by atoms with Crippen LogP contribution in [0.15, 0.2) is 71.6 Å². The molecule has 3 aromatic carbocycles. The van der Waals surface area contributed by atoms with Crippen molar-refractivity contribution in [1.29, 1.82) is 0 Å². The Morgan fingerprint density at radius 2 is 1.70 bits per heavy atom. The first kappa shape index (κ1) is 24.1. The second-order valence-corrected chi connectivity index (χ2v) is 9.23. The predicted octanol–water partition coefficient (Wildman–Crippen LogP) is 4.66. The van der Waals surface area contributed by atoms with Gasteiger partial charge in [-0.2, -0.15) is 0 Å². The highest BCUT2D eigenvalue weighted by molar-refractivity contribution is 7.92. The molecule has 0 amide bonds. The molecule has 0 unspecified atom stereocenters. The first-order chi connectivity index (χ1) is 15.7. The van der Waals surface area contributed by atoms with Gasteiger partial charge in [-0.05, 0) is 61.7 Å². The van der Waals surface area contributed by atoms with Crippen LogP contribution in [0.1, 0.15) is 35.3 Å². The highest BCUT2D eigenvalue weighted by Crippen LogP contribution is 2.34. The normalized spacial score (nSPS) is 11.2. The Kier molecular flexibility index (Phi) is 7.60. The van der Waals surface area contributed by atoms with Crippen molar-refractivity contribution in [3.63, 3.8) is 0 Å². The second-order valence-electron chi connectivity index (χ2n) is 7.58. The number of esters is 1. The van der Waals surface area contributed by atoms with Crippen molar-refractivity contribution in [2.45, 2.75) is 31.3 Å². The lowest BCUT2D eigenvalue weighted by atomic mass is 10.0. The molecule has 0 aliphatic heterocycles. The summed E-state index contributed by atoms with van der Waals surface area (Å²) >= 11 is 0. The fraction of sp³-hybridized carbons (Fsp3) is 0.240. The maximum atomic E-state index is 13.6. The molecule has 0 aliphatic carbocycles. The Morgan fingerprint density at radius 1 is 0.970 bits per heavy atom. The molecule has 33 heavy (non-hydrogen) atoms. The molecule has 0 radical (unpaired) electrons. The largest absolute Gasteiger partial charge is 0.497 e. The third-order valence-corrected chi connectivity index (χ3v) is 6.28. The minimum absolute atomic E-state index is 0.0273. The van der Waals surface area contributed by atoms with E-state index in [9.17, 15) is 13.2 Å². The van der Waals surface area contributed by atoms with Crippen LogP contribution in [0.2, 0.25) is 0 Å². The summed E-state index contributed by atoms with van der Waals surface area (Å²) in [6.45, 7) is 3.62. The SMILES string of the molecule is COC(=O)c1cccc(OC(C)C)c1NS(=O)(=O)c1ccc(OC)cc1Cc1ccccc1. The lowest BCUT2D eigenvalue weighted by molar-refractivity contribution is 0.0601. The summed E-state index contributed by atoms with van der Waals surface area (Å²) in [7, 11) is -1.35. The highest BCUT2D eigenvalue weighted by atomic mass is 32.2. The molecule has 0 saturated carbocycles. The lowest BCUT2D eigenvalue weighted by Gasteiger charge is -2.19. The average molecular weight is 470 g/mol. The quantitative estimate of drug-likeness (QED) is 0.459. The van der Waals surface area contributed by atoms with Gasteiger partial charge in [-0.3, -0.25) is 4.72 Å². The zero-order valence-electron chi connectivity index (χ0n) is 19.0. The Bertz CT molecular complexity index is 1220. The lowest BCUT2D eigenvalue weighted by Crippen LogP contribution is -2.19. The number of anilines is 1. The minimum Gasteiger partial charge on any atom is -0.497 e. The van der Waals surface area contributed by atoms with Gasteiger partial charge in [0.05, 0.1) is 30.8 Å². The standard InChI is InChI=1S/C25H27NO6S/c1-17(2)32-22-12-8-11-21(25(27)31-4)24(22)26-33(28,29)23-14-13-20(30-3)16-19(23)15-18-9-6-5-7-10-18/h5-14,16-17,26H,15H2,1-4H3. The Balaban J connectivity index is 2.09. The van der Waals surface area contributed by atoms with Crippen LogP contribution in [0.3, 0.4) is 0 Å². The Labute approximate surface area is 194 Å². The third kappa shape index (κ3) is 5.84. The number of methoxy groups -OCH3 is 2. The van der Waals surface area contributed by atoms with Crippen molar-refractivity contribution < 1.29 is 27.4 Å². The van der Waals surface area contributed by atoms with Gasteiger partial charge in [-0.25, -0.2) is 13.2 Å². The van der Waals surface area contributed by atoms with E-state index in [1.54, 1.807) is 24.3 Å². The summed E-state index contributed by atoms with van der Waals surface area (Å²) in [5.74, 6) is 0.0921. The van der Waals surface area contributed by atoms with E-state index >= 15 is 0 Å². The van der Waals surface area contributed by atoms with Crippen LogP contribution >= 0.6 is 0 Å². The summed E-state index contributed by atoms with van der Waals surface area (Å²) in [5.41, 5.74) is 1.58. The highest BCUT2D eigenvalue weighted by Gasteiger charge is 2.25. The van der Waals surface area contributed by atoms with Gasteiger partial charge in [0, 0.05) is 0 Å². The van der Waals surface area contributed by atoms with Gasteiger partial charge in [-0.15, -0.1) is 0 Å². The van der Waals surface area contributed by atoms with Gasteiger partial charge in [0.15, 0.2) is 0 Å². The molecule has 0 fully saturated rings. The van der Waals surface area contributed by atoms with Gasteiger partial charge in [0.1, 0.15) is 17.2 Å². The zero-order valence-corrected chi connectivity index (χ0v) is 19.8. The second kappa shape index (κ2) is 10.4.